The number of benzene rings is 1. The number of hydrogen-bond donors (Lipinski definition) is 2. The molecule has 0 aliphatic rings. The van der Waals surface area contributed by atoms with Crippen LogP contribution in [0.3, 0.4) is 0 Å². The van der Waals surface area contributed by atoms with Gasteiger partial charge in [0.1, 0.15) is 0 Å². The molecule has 1 rings (SSSR count). The van der Waals surface area contributed by atoms with Crippen LogP contribution in [0.5, 0.6) is 0 Å². The molecule has 0 fully saturated rings. The van der Waals surface area contributed by atoms with Gasteiger partial charge in [-0.05, 0) is 19.7 Å². The molecule has 0 saturated carbocycles. The lowest BCUT2D eigenvalue weighted by Gasteiger charge is -2.08. The van der Waals surface area contributed by atoms with E-state index in [0.717, 1.165) is 6.54 Å². The lowest BCUT2D eigenvalue weighted by atomic mass is 10.2. The van der Waals surface area contributed by atoms with Crippen LogP contribution in [0.4, 0.5) is 0 Å². The van der Waals surface area contributed by atoms with Crippen molar-refractivity contribution in [1.29, 1.82) is 0 Å². The van der Waals surface area contributed by atoms with Crippen LogP contribution in [0.2, 0.25) is 0 Å². The first kappa shape index (κ1) is 12.2. The third kappa shape index (κ3) is 7.52. The predicted molar refractivity (Wildman–Crippen MR) is 54.0 cm³/mol. The van der Waals surface area contributed by atoms with Gasteiger partial charge in [0.25, 0.3) is 0 Å². The average Bonchev–Trinajstić information content (AvgIpc) is 2.06. The van der Waals surface area contributed by atoms with Gasteiger partial charge in [0.05, 0.1) is 0 Å². The van der Waals surface area contributed by atoms with Crippen molar-refractivity contribution in [3.05, 3.63) is 35.9 Å². The summed E-state index contributed by atoms with van der Waals surface area (Å²) in [5.41, 5.74) is 1.37. The van der Waals surface area contributed by atoms with E-state index in [1.54, 1.807) is 0 Å². The van der Waals surface area contributed by atoms with Crippen molar-refractivity contribution in [2.75, 3.05) is 14.1 Å². The maximum atomic E-state index is 7.00. The van der Waals surface area contributed by atoms with E-state index in [9.17, 15) is 0 Å². The largest absolute Gasteiger partial charge is 0.482 e. The summed E-state index contributed by atoms with van der Waals surface area (Å²) in [5.74, 6) is 0. The van der Waals surface area contributed by atoms with E-state index in [4.69, 9.17) is 10.0 Å². The summed E-state index contributed by atoms with van der Waals surface area (Å²) in [4.78, 5) is 2.16. The van der Waals surface area contributed by atoms with E-state index < -0.39 is 0 Å². The standard InChI is InChI=1S/C9H13N.BH2O2/c1-10(2)8-9-6-4-3-5-7-9;2-1-3/h3-7H,8H2,1-2H3;2-3H. The molecule has 0 aliphatic carbocycles. The summed E-state index contributed by atoms with van der Waals surface area (Å²) >= 11 is 0. The maximum Gasteiger partial charge on any atom is 0.482 e. The molecule has 0 unspecified atom stereocenters. The fraction of sp³-hybridized carbons (Fsp3) is 0.333. The molecule has 0 spiro atoms. The summed E-state index contributed by atoms with van der Waals surface area (Å²) in [7, 11) is 4.15. The highest BCUT2D eigenvalue weighted by atomic mass is 16.4. The molecule has 0 amide bonds. The molecule has 0 aromatic heterocycles. The minimum atomic E-state index is 0. The first-order valence-corrected chi connectivity index (χ1v) is 3.99. The molecule has 0 heterocycles. The molecular formula is C9H15BNO2. The molecule has 0 bridgehead atoms. The van der Waals surface area contributed by atoms with Crippen LogP contribution < -0.4 is 0 Å². The lowest BCUT2D eigenvalue weighted by molar-refractivity contribution is 0.402. The molecule has 0 atom stereocenters. The predicted octanol–water partition coefficient (Wildman–Crippen LogP) is 0.253. The van der Waals surface area contributed by atoms with Crippen molar-refractivity contribution in [2.24, 2.45) is 0 Å². The maximum absolute atomic E-state index is 7.00. The Morgan fingerprint density at radius 2 is 1.62 bits per heavy atom. The second-order valence-corrected chi connectivity index (χ2v) is 2.84. The van der Waals surface area contributed by atoms with Crippen molar-refractivity contribution in [1.82, 2.24) is 4.90 Å². The van der Waals surface area contributed by atoms with Crippen LogP contribution in [-0.4, -0.2) is 36.7 Å². The van der Waals surface area contributed by atoms with Gasteiger partial charge in [-0.15, -0.1) is 0 Å². The first-order chi connectivity index (χ1) is 6.20. The Balaban J connectivity index is 0.000000424. The molecule has 2 N–H and O–H groups in total. The third-order valence-electron chi connectivity index (χ3n) is 1.34. The highest BCUT2D eigenvalue weighted by Gasteiger charge is 1.90. The lowest BCUT2D eigenvalue weighted by Crippen LogP contribution is -2.10. The Bertz CT molecular complexity index is 204. The quantitative estimate of drug-likeness (QED) is 0.641. The average molecular weight is 180 g/mol. The molecule has 4 heteroatoms. The van der Waals surface area contributed by atoms with Crippen molar-refractivity contribution >= 4 is 7.69 Å². The summed E-state index contributed by atoms with van der Waals surface area (Å²) in [5, 5.41) is 14.0. The topological polar surface area (TPSA) is 43.7 Å². The molecule has 1 aromatic rings. The van der Waals surface area contributed by atoms with Crippen LogP contribution in [0, 0.1) is 0 Å². The van der Waals surface area contributed by atoms with Crippen LogP contribution in [0.15, 0.2) is 30.3 Å². The smallest absolute Gasteiger partial charge is 0.429 e. The van der Waals surface area contributed by atoms with Gasteiger partial charge in [-0.2, -0.15) is 0 Å². The summed E-state index contributed by atoms with van der Waals surface area (Å²) in [6.07, 6.45) is 0. The van der Waals surface area contributed by atoms with E-state index in [2.05, 4.69) is 43.3 Å². The molecule has 3 nitrogen and oxygen atoms in total. The molecule has 13 heavy (non-hydrogen) atoms. The molecule has 0 saturated heterocycles. The van der Waals surface area contributed by atoms with Gasteiger partial charge in [-0.1, -0.05) is 30.3 Å². The van der Waals surface area contributed by atoms with Crippen LogP contribution in [0.1, 0.15) is 5.56 Å². The minimum absolute atomic E-state index is 0. The van der Waals surface area contributed by atoms with E-state index in [0.29, 0.717) is 0 Å². The summed E-state index contributed by atoms with van der Waals surface area (Å²) in [6.45, 7) is 1.03. The number of rotatable bonds is 2. The van der Waals surface area contributed by atoms with E-state index in [-0.39, 0.29) is 7.69 Å². The van der Waals surface area contributed by atoms with Crippen LogP contribution >= 0.6 is 0 Å². The van der Waals surface area contributed by atoms with Gasteiger partial charge in [-0.25, -0.2) is 0 Å². The van der Waals surface area contributed by atoms with Crippen LogP contribution in [-0.2, 0) is 6.54 Å². The monoisotopic (exact) mass is 180 g/mol. The first-order valence-electron chi connectivity index (χ1n) is 3.99. The van der Waals surface area contributed by atoms with Gasteiger partial charge in [0.15, 0.2) is 0 Å². The van der Waals surface area contributed by atoms with Crippen molar-refractivity contribution in [3.63, 3.8) is 0 Å². The summed E-state index contributed by atoms with van der Waals surface area (Å²) < 4.78 is 0. The van der Waals surface area contributed by atoms with Crippen molar-refractivity contribution in [3.8, 4) is 0 Å². The van der Waals surface area contributed by atoms with Gasteiger partial charge in [-0.3, -0.25) is 0 Å². The van der Waals surface area contributed by atoms with Crippen LogP contribution in [0.25, 0.3) is 0 Å². The third-order valence-corrected chi connectivity index (χ3v) is 1.34. The number of nitrogens with zero attached hydrogens (tertiary/aromatic N) is 1. The zero-order valence-corrected chi connectivity index (χ0v) is 8.01. The Morgan fingerprint density at radius 3 is 2.00 bits per heavy atom. The van der Waals surface area contributed by atoms with Crippen molar-refractivity contribution < 1.29 is 10.0 Å². The molecular weight excluding hydrogens is 165 g/mol. The Kier molecular flexibility index (Phi) is 7.29. The van der Waals surface area contributed by atoms with E-state index in [1.807, 2.05) is 6.07 Å². The van der Waals surface area contributed by atoms with Gasteiger partial charge in [0.2, 0.25) is 0 Å². The van der Waals surface area contributed by atoms with E-state index in [1.165, 1.54) is 5.56 Å². The van der Waals surface area contributed by atoms with Gasteiger partial charge >= 0.3 is 7.69 Å². The highest BCUT2D eigenvalue weighted by molar-refractivity contribution is 6.13. The Morgan fingerprint density at radius 1 is 1.15 bits per heavy atom. The van der Waals surface area contributed by atoms with Gasteiger partial charge < -0.3 is 14.9 Å². The minimum Gasteiger partial charge on any atom is -0.429 e. The zero-order valence-electron chi connectivity index (χ0n) is 8.01. The molecule has 1 aromatic carbocycles. The second kappa shape index (κ2) is 7.80. The molecule has 1 radical (unpaired) electrons. The summed E-state index contributed by atoms with van der Waals surface area (Å²) in [6, 6.07) is 10.5. The Hall–Kier alpha value is -0.835. The number of hydrogen-bond acceptors (Lipinski definition) is 3. The normalized spacial score (nSPS) is 9.00. The second-order valence-electron chi connectivity index (χ2n) is 2.84. The fourth-order valence-electron chi connectivity index (χ4n) is 0.949. The van der Waals surface area contributed by atoms with E-state index >= 15 is 0 Å². The molecule has 0 aliphatic heterocycles. The highest BCUT2D eigenvalue weighted by Crippen LogP contribution is 1.99. The van der Waals surface area contributed by atoms with Crippen molar-refractivity contribution in [2.45, 2.75) is 6.54 Å². The SMILES string of the molecule is CN(C)Cc1ccccc1.O[B]O. The van der Waals surface area contributed by atoms with Gasteiger partial charge in [0, 0.05) is 6.54 Å². The molecule has 71 valence electrons. The zero-order chi connectivity index (χ0) is 10.1. The fourth-order valence-corrected chi connectivity index (χ4v) is 0.949. The Labute approximate surface area is 79.9 Å².